The third-order valence-corrected chi connectivity index (χ3v) is 2.79. The molecule has 2 aromatic rings. The molecule has 1 heterocycles. The topological polar surface area (TPSA) is 47.0 Å². The van der Waals surface area contributed by atoms with Crippen LogP contribution in [-0.2, 0) is 0 Å². The van der Waals surface area contributed by atoms with Crippen molar-refractivity contribution in [3.05, 3.63) is 64.7 Å². The Labute approximate surface area is 95.9 Å². The summed E-state index contributed by atoms with van der Waals surface area (Å²) < 4.78 is 13.5. The summed E-state index contributed by atoms with van der Waals surface area (Å²) in [6.07, 6.45) is 1.19. The number of ketones is 2. The fraction of sp³-hybridized carbons (Fsp3) is 0. The number of halogens is 1. The Morgan fingerprint density at radius 3 is 2.24 bits per heavy atom. The van der Waals surface area contributed by atoms with Gasteiger partial charge >= 0.3 is 0 Å². The minimum absolute atomic E-state index is 0.0844. The van der Waals surface area contributed by atoms with Gasteiger partial charge in [0.1, 0.15) is 0 Å². The van der Waals surface area contributed by atoms with Gasteiger partial charge in [-0.2, -0.15) is 4.39 Å². The van der Waals surface area contributed by atoms with Gasteiger partial charge in [-0.3, -0.25) is 9.59 Å². The van der Waals surface area contributed by atoms with Crippen molar-refractivity contribution >= 4 is 11.6 Å². The van der Waals surface area contributed by atoms with Crippen LogP contribution in [0.5, 0.6) is 0 Å². The van der Waals surface area contributed by atoms with Gasteiger partial charge in [0.25, 0.3) is 0 Å². The van der Waals surface area contributed by atoms with E-state index >= 15 is 0 Å². The zero-order valence-electron chi connectivity index (χ0n) is 8.61. The zero-order chi connectivity index (χ0) is 12.0. The molecule has 3 rings (SSSR count). The lowest BCUT2D eigenvalue weighted by Crippen LogP contribution is -2.22. The highest BCUT2D eigenvalue weighted by molar-refractivity contribution is 6.28. The lowest BCUT2D eigenvalue weighted by molar-refractivity contribution is 0.0974. The molecule has 0 atom stereocenters. The van der Waals surface area contributed by atoms with E-state index in [2.05, 4.69) is 4.98 Å². The van der Waals surface area contributed by atoms with E-state index in [9.17, 15) is 14.0 Å². The molecule has 4 heteroatoms. The Hall–Kier alpha value is -2.36. The first-order valence-electron chi connectivity index (χ1n) is 5.03. The van der Waals surface area contributed by atoms with Crippen molar-refractivity contribution in [1.29, 1.82) is 0 Å². The van der Waals surface area contributed by atoms with E-state index in [1.165, 1.54) is 18.3 Å². The minimum atomic E-state index is -0.893. The molecular formula is C13H6FNO2. The molecule has 3 nitrogen and oxygen atoms in total. The van der Waals surface area contributed by atoms with E-state index in [0.717, 1.165) is 0 Å². The van der Waals surface area contributed by atoms with Gasteiger partial charge in [-0.05, 0) is 6.07 Å². The lowest BCUT2D eigenvalue weighted by atomic mass is 9.85. The highest BCUT2D eigenvalue weighted by Crippen LogP contribution is 2.27. The van der Waals surface area contributed by atoms with Crippen molar-refractivity contribution in [1.82, 2.24) is 4.98 Å². The number of rotatable bonds is 0. The second-order valence-corrected chi connectivity index (χ2v) is 3.73. The summed E-state index contributed by atoms with van der Waals surface area (Å²) in [5.74, 6) is -1.72. The molecule has 0 unspecified atom stereocenters. The summed E-state index contributed by atoms with van der Waals surface area (Å²) in [6.45, 7) is 0. The molecule has 1 aromatic heterocycles. The molecule has 0 aliphatic heterocycles. The van der Waals surface area contributed by atoms with Crippen molar-refractivity contribution in [2.24, 2.45) is 0 Å². The van der Waals surface area contributed by atoms with E-state index in [-0.39, 0.29) is 22.5 Å². The van der Waals surface area contributed by atoms with Crippen LogP contribution >= 0.6 is 0 Å². The fourth-order valence-corrected chi connectivity index (χ4v) is 2.00. The molecule has 0 N–H and O–H groups in total. The number of nitrogens with zero attached hydrogens (tertiary/aromatic N) is 1. The van der Waals surface area contributed by atoms with E-state index in [4.69, 9.17) is 0 Å². The third-order valence-electron chi connectivity index (χ3n) is 2.79. The SMILES string of the molecule is O=C1c2ccccc2C(=O)c2c1ccnc2F. The fourth-order valence-electron chi connectivity index (χ4n) is 2.00. The summed E-state index contributed by atoms with van der Waals surface area (Å²) in [6, 6.07) is 7.77. The van der Waals surface area contributed by atoms with Gasteiger partial charge in [0, 0.05) is 22.9 Å². The first-order valence-corrected chi connectivity index (χ1v) is 5.03. The van der Waals surface area contributed by atoms with Crippen molar-refractivity contribution in [3.63, 3.8) is 0 Å². The van der Waals surface area contributed by atoms with Gasteiger partial charge in [0.15, 0.2) is 11.6 Å². The molecule has 0 amide bonds. The number of hydrogen-bond acceptors (Lipinski definition) is 3. The number of carbonyl (C=O) groups is 2. The molecule has 82 valence electrons. The molecule has 0 saturated carbocycles. The largest absolute Gasteiger partial charge is 0.289 e. The number of hydrogen-bond donors (Lipinski definition) is 0. The molecule has 0 spiro atoms. The van der Waals surface area contributed by atoms with Crippen LogP contribution in [0.3, 0.4) is 0 Å². The van der Waals surface area contributed by atoms with E-state index < -0.39 is 11.7 Å². The van der Waals surface area contributed by atoms with Crippen molar-refractivity contribution < 1.29 is 14.0 Å². The van der Waals surface area contributed by atoms with E-state index in [1.807, 2.05) is 0 Å². The number of benzene rings is 1. The first kappa shape index (κ1) is 9.84. The molecule has 1 aliphatic rings. The second-order valence-electron chi connectivity index (χ2n) is 3.73. The molecule has 0 radical (unpaired) electrons. The van der Waals surface area contributed by atoms with Crippen molar-refractivity contribution in [3.8, 4) is 0 Å². The van der Waals surface area contributed by atoms with Crippen LogP contribution < -0.4 is 0 Å². The molecule has 0 bridgehead atoms. The van der Waals surface area contributed by atoms with Crippen LogP contribution in [0.2, 0.25) is 0 Å². The maximum Gasteiger partial charge on any atom is 0.224 e. The van der Waals surface area contributed by atoms with Crippen LogP contribution in [0.1, 0.15) is 31.8 Å². The summed E-state index contributed by atoms with van der Waals surface area (Å²) in [5, 5.41) is 0. The second kappa shape index (κ2) is 3.31. The van der Waals surface area contributed by atoms with Gasteiger partial charge in [-0.25, -0.2) is 4.98 Å². The third kappa shape index (κ3) is 1.24. The first-order chi connectivity index (χ1) is 8.20. The molecule has 1 aromatic carbocycles. The Kier molecular flexibility index (Phi) is 1.92. The predicted molar refractivity (Wildman–Crippen MR) is 57.5 cm³/mol. The standard InChI is InChI=1S/C13H6FNO2/c14-13-10-9(5-6-15-13)11(16)7-3-1-2-4-8(7)12(10)17/h1-6H. The van der Waals surface area contributed by atoms with Crippen LogP contribution in [0.15, 0.2) is 36.5 Å². The highest BCUT2D eigenvalue weighted by atomic mass is 19.1. The molecule has 0 fully saturated rings. The lowest BCUT2D eigenvalue weighted by Gasteiger charge is -2.16. The maximum absolute atomic E-state index is 13.5. The number of carbonyl (C=O) groups excluding carboxylic acids is 2. The molecule has 0 saturated heterocycles. The van der Waals surface area contributed by atoms with Gasteiger partial charge < -0.3 is 0 Å². The average molecular weight is 227 g/mol. The van der Waals surface area contributed by atoms with Crippen LogP contribution in [0, 0.1) is 5.95 Å². The monoisotopic (exact) mass is 227 g/mol. The van der Waals surface area contributed by atoms with Gasteiger partial charge in [0.05, 0.1) is 5.56 Å². The summed E-state index contributed by atoms with van der Waals surface area (Å²) in [7, 11) is 0. The summed E-state index contributed by atoms with van der Waals surface area (Å²) >= 11 is 0. The Bertz CT molecular complexity index is 664. The molecular weight excluding hydrogens is 221 g/mol. The Morgan fingerprint density at radius 2 is 1.53 bits per heavy atom. The smallest absolute Gasteiger partial charge is 0.224 e. The Balaban J connectivity index is 2.37. The predicted octanol–water partition coefficient (Wildman–Crippen LogP) is 2.00. The van der Waals surface area contributed by atoms with Gasteiger partial charge in [-0.15, -0.1) is 0 Å². The number of pyridine rings is 1. The number of aromatic nitrogens is 1. The Morgan fingerprint density at radius 1 is 0.882 bits per heavy atom. The normalized spacial score (nSPS) is 13.2. The van der Waals surface area contributed by atoms with Gasteiger partial charge in [0.2, 0.25) is 5.95 Å². The van der Waals surface area contributed by atoms with Crippen molar-refractivity contribution in [2.75, 3.05) is 0 Å². The van der Waals surface area contributed by atoms with E-state index in [1.54, 1.807) is 18.2 Å². The maximum atomic E-state index is 13.5. The number of fused-ring (bicyclic) bond motifs is 2. The quantitative estimate of drug-likeness (QED) is 0.552. The van der Waals surface area contributed by atoms with Gasteiger partial charge in [-0.1, -0.05) is 24.3 Å². The average Bonchev–Trinajstić information content (AvgIpc) is 2.36. The van der Waals surface area contributed by atoms with Crippen molar-refractivity contribution in [2.45, 2.75) is 0 Å². The summed E-state index contributed by atoms with van der Waals surface area (Å²) in [5.41, 5.74) is 0.407. The van der Waals surface area contributed by atoms with Crippen LogP contribution in [-0.4, -0.2) is 16.6 Å². The molecule has 1 aliphatic carbocycles. The molecule has 17 heavy (non-hydrogen) atoms. The zero-order valence-corrected chi connectivity index (χ0v) is 8.61. The summed E-state index contributed by atoms with van der Waals surface area (Å²) in [4.78, 5) is 27.5. The minimum Gasteiger partial charge on any atom is -0.289 e. The van der Waals surface area contributed by atoms with Crippen LogP contribution in [0.4, 0.5) is 4.39 Å². The van der Waals surface area contributed by atoms with E-state index in [0.29, 0.717) is 5.56 Å². The van der Waals surface area contributed by atoms with Crippen LogP contribution in [0.25, 0.3) is 0 Å². The highest BCUT2D eigenvalue weighted by Gasteiger charge is 2.31.